The van der Waals surface area contributed by atoms with Crippen LogP contribution in [-0.2, 0) is 4.74 Å². The molecule has 0 aliphatic carbocycles. The lowest BCUT2D eigenvalue weighted by atomic mass is 10.1. The van der Waals surface area contributed by atoms with E-state index in [4.69, 9.17) is 24.9 Å². The summed E-state index contributed by atoms with van der Waals surface area (Å²) in [4.78, 5) is 9.29. The van der Waals surface area contributed by atoms with Gasteiger partial charge < -0.3 is 25.3 Å². The molecule has 0 unspecified atom stereocenters. The van der Waals surface area contributed by atoms with Crippen LogP contribution in [0.4, 0.5) is 11.8 Å². The zero-order valence-electron chi connectivity index (χ0n) is 17.6. The van der Waals surface area contributed by atoms with Crippen LogP contribution in [0.15, 0.2) is 48.5 Å². The summed E-state index contributed by atoms with van der Waals surface area (Å²) in [6.45, 7) is 1.10. The molecule has 9 heteroatoms. The Hall–Kier alpha value is -3.85. The van der Waals surface area contributed by atoms with Gasteiger partial charge in [-0.1, -0.05) is 0 Å². The Morgan fingerprint density at radius 2 is 1.55 bits per heavy atom. The van der Waals surface area contributed by atoms with Gasteiger partial charge in [0, 0.05) is 19.2 Å². The van der Waals surface area contributed by atoms with Crippen LogP contribution >= 0.6 is 0 Å². The van der Waals surface area contributed by atoms with Crippen molar-refractivity contribution in [2.45, 2.75) is 0 Å². The van der Waals surface area contributed by atoms with Gasteiger partial charge >= 0.3 is 0 Å². The molecule has 0 aliphatic rings. The third kappa shape index (κ3) is 4.08. The quantitative estimate of drug-likeness (QED) is 0.419. The molecule has 0 atom stereocenters. The summed E-state index contributed by atoms with van der Waals surface area (Å²) in [7, 11) is 4.90. The van der Waals surface area contributed by atoms with Gasteiger partial charge in [0.2, 0.25) is 5.95 Å². The van der Waals surface area contributed by atoms with E-state index in [1.807, 2.05) is 48.5 Å². The highest BCUT2D eigenvalue weighted by molar-refractivity contribution is 5.99. The average molecular weight is 420 g/mol. The van der Waals surface area contributed by atoms with E-state index in [1.54, 1.807) is 26.0 Å². The van der Waals surface area contributed by atoms with Gasteiger partial charge in [-0.3, -0.25) is 0 Å². The lowest BCUT2D eigenvalue weighted by molar-refractivity contribution is 0.210. The second-order valence-corrected chi connectivity index (χ2v) is 6.74. The van der Waals surface area contributed by atoms with Crippen LogP contribution in [-0.4, -0.2) is 54.2 Å². The summed E-state index contributed by atoms with van der Waals surface area (Å²) in [5.74, 6) is 2.42. The van der Waals surface area contributed by atoms with E-state index in [1.165, 1.54) is 0 Å². The molecule has 0 saturated heterocycles. The number of nitrogens with one attached hydrogen (secondary N) is 1. The van der Waals surface area contributed by atoms with Gasteiger partial charge in [-0.2, -0.15) is 4.98 Å². The zero-order chi connectivity index (χ0) is 21.8. The summed E-state index contributed by atoms with van der Waals surface area (Å²) in [5, 5.41) is 8.51. The molecule has 31 heavy (non-hydrogen) atoms. The predicted octanol–water partition coefficient (Wildman–Crippen LogP) is 3.14. The lowest BCUT2D eigenvalue weighted by Crippen LogP contribution is -2.10. The lowest BCUT2D eigenvalue weighted by Gasteiger charge is -2.09. The summed E-state index contributed by atoms with van der Waals surface area (Å²) < 4.78 is 17.3. The maximum absolute atomic E-state index is 6.53. The fraction of sp³-hybridized carbons (Fsp3) is 0.227. The van der Waals surface area contributed by atoms with Crippen molar-refractivity contribution in [3.63, 3.8) is 0 Å². The Balaban J connectivity index is 1.86. The topological polar surface area (TPSA) is 109 Å². The van der Waals surface area contributed by atoms with Crippen LogP contribution < -0.4 is 20.5 Å². The van der Waals surface area contributed by atoms with Gasteiger partial charge in [-0.25, -0.2) is 9.67 Å². The second kappa shape index (κ2) is 8.88. The largest absolute Gasteiger partial charge is 0.497 e. The molecule has 2 aromatic heterocycles. The first-order chi connectivity index (χ1) is 15.1. The molecule has 160 valence electrons. The van der Waals surface area contributed by atoms with Crippen LogP contribution in [0.3, 0.4) is 0 Å². The minimum atomic E-state index is 0.453. The highest BCUT2D eigenvalue weighted by Crippen LogP contribution is 2.33. The number of nitrogens with two attached hydrogens (primary N) is 1. The van der Waals surface area contributed by atoms with Gasteiger partial charge in [-0.15, -0.1) is 5.10 Å². The summed E-state index contributed by atoms with van der Waals surface area (Å²) in [6.07, 6.45) is 0. The Morgan fingerprint density at radius 1 is 0.903 bits per heavy atom. The van der Waals surface area contributed by atoms with Crippen molar-refractivity contribution >= 4 is 22.8 Å². The number of methoxy groups -OCH3 is 3. The standard InChI is InChI=1S/C22H24N6O3/c1-29-13-12-24-22-25-19(14-4-8-16(30-2)9-5-14)18-20(23)28(27-21(18)26-22)15-6-10-17(31-3)11-7-15/h4-11H,12-13,23H2,1-3H3,(H,24,26,27). The normalized spacial score (nSPS) is 10.9. The van der Waals surface area contributed by atoms with Gasteiger partial charge in [-0.05, 0) is 48.5 Å². The van der Waals surface area contributed by atoms with Crippen LogP contribution in [0, 0.1) is 0 Å². The number of nitrogen functional groups attached to an aromatic ring is 1. The maximum Gasteiger partial charge on any atom is 0.225 e. The van der Waals surface area contributed by atoms with E-state index in [-0.39, 0.29) is 0 Å². The summed E-state index contributed by atoms with van der Waals surface area (Å²) >= 11 is 0. The zero-order valence-corrected chi connectivity index (χ0v) is 17.6. The van der Waals surface area contributed by atoms with Gasteiger partial charge in [0.25, 0.3) is 0 Å². The number of nitrogens with zero attached hydrogens (tertiary/aromatic N) is 4. The molecule has 9 nitrogen and oxygen atoms in total. The van der Waals surface area contributed by atoms with E-state index in [2.05, 4.69) is 15.4 Å². The minimum absolute atomic E-state index is 0.453. The smallest absolute Gasteiger partial charge is 0.225 e. The third-order valence-corrected chi connectivity index (χ3v) is 4.84. The van der Waals surface area contributed by atoms with Crippen LogP contribution in [0.5, 0.6) is 11.5 Å². The fourth-order valence-corrected chi connectivity index (χ4v) is 3.23. The van der Waals surface area contributed by atoms with Crippen molar-refractivity contribution in [1.82, 2.24) is 19.7 Å². The first-order valence-corrected chi connectivity index (χ1v) is 9.72. The second-order valence-electron chi connectivity index (χ2n) is 6.74. The summed E-state index contributed by atoms with van der Waals surface area (Å²) in [6, 6.07) is 15.1. The number of hydrogen-bond donors (Lipinski definition) is 2. The molecular formula is C22H24N6O3. The third-order valence-electron chi connectivity index (χ3n) is 4.84. The number of anilines is 2. The number of aromatic nitrogens is 4. The molecule has 4 aromatic rings. The molecular weight excluding hydrogens is 396 g/mol. The Morgan fingerprint density at radius 3 is 2.16 bits per heavy atom. The number of hydrogen-bond acceptors (Lipinski definition) is 8. The molecule has 2 aromatic carbocycles. The Bertz CT molecular complexity index is 1170. The van der Waals surface area contributed by atoms with E-state index >= 15 is 0 Å². The average Bonchev–Trinajstić information content (AvgIpc) is 3.15. The van der Waals surface area contributed by atoms with Gasteiger partial charge in [0.1, 0.15) is 17.3 Å². The highest BCUT2D eigenvalue weighted by atomic mass is 16.5. The molecule has 3 N–H and O–H groups in total. The Kier molecular flexibility index (Phi) is 5.85. The van der Waals surface area contributed by atoms with E-state index < -0.39 is 0 Å². The first-order valence-electron chi connectivity index (χ1n) is 9.72. The molecule has 0 amide bonds. The molecule has 4 rings (SSSR count). The molecule has 2 heterocycles. The van der Waals surface area contributed by atoms with Crippen LogP contribution in [0.2, 0.25) is 0 Å². The van der Waals surface area contributed by atoms with Crippen LogP contribution in [0.1, 0.15) is 0 Å². The van der Waals surface area contributed by atoms with Crippen molar-refractivity contribution < 1.29 is 14.2 Å². The number of fused-ring (bicyclic) bond motifs is 1. The molecule has 0 saturated carbocycles. The monoisotopic (exact) mass is 420 g/mol. The van der Waals surface area contributed by atoms with Gasteiger partial charge in [0.05, 0.1) is 37.6 Å². The molecule has 0 fully saturated rings. The fourth-order valence-electron chi connectivity index (χ4n) is 3.23. The van der Waals surface area contributed by atoms with Gasteiger partial charge in [0.15, 0.2) is 5.65 Å². The van der Waals surface area contributed by atoms with E-state index in [9.17, 15) is 0 Å². The molecule has 0 aliphatic heterocycles. The number of benzene rings is 2. The highest BCUT2D eigenvalue weighted by Gasteiger charge is 2.19. The van der Waals surface area contributed by atoms with Crippen molar-refractivity contribution in [3.8, 4) is 28.4 Å². The molecule has 0 radical (unpaired) electrons. The van der Waals surface area contributed by atoms with E-state index in [0.717, 1.165) is 22.7 Å². The predicted molar refractivity (Wildman–Crippen MR) is 120 cm³/mol. The summed E-state index contributed by atoms with van der Waals surface area (Å²) in [5.41, 5.74) is 9.39. The van der Waals surface area contributed by atoms with E-state index in [0.29, 0.717) is 41.6 Å². The number of ether oxygens (including phenoxy) is 3. The van der Waals surface area contributed by atoms with Crippen LogP contribution in [0.25, 0.3) is 28.0 Å². The maximum atomic E-state index is 6.53. The first kappa shape index (κ1) is 20.4. The Labute approximate surface area is 179 Å². The molecule has 0 bridgehead atoms. The van der Waals surface area contributed by atoms with Crippen molar-refractivity contribution in [2.75, 3.05) is 45.5 Å². The van der Waals surface area contributed by atoms with Crippen molar-refractivity contribution in [2.24, 2.45) is 0 Å². The molecule has 0 spiro atoms. The van der Waals surface area contributed by atoms with Crippen molar-refractivity contribution in [3.05, 3.63) is 48.5 Å². The minimum Gasteiger partial charge on any atom is -0.497 e. The number of rotatable bonds is 8. The SMILES string of the molecule is COCCNc1nc(-c2ccc(OC)cc2)c2c(N)n(-c3ccc(OC)cc3)nc2n1. The van der Waals surface area contributed by atoms with Crippen molar-refractivity contribution in [1.29, 1.82) is 0 Å².